The molecule has 0 amide bonds. The SMILES string of the molecule is C=C(C)C(=O)OCNCCCCC. The van der Waals surface area contributed by atoms with Crippen LogP contribution in [-0.4, -0.2) is 19.2 Å². The fourth-order valence-corrected chi connectivity index (χ4v) is 0.812. The second kappa shape index (κ2) is 7.80. The maximum Gasteiger partial charge on any atom is 0.334 e. The molecule has 1 N–H and O–H groups in total. The number of carbonyl (C=O) groups excluding carboxylic acids is 1. The van der Waals surface area contributed by atoms with Crippen LogP contribution >= 0.6 is 0 Å². The first kappa shape index (κ1) is 12.2. The van der Waals surface area contributed by atoms with Gasteiger partial charge in [-0.15, -0.1) is 0 Å². The Balaban J connectivity index is 3.16. The molecule has 0 heterocycles. The largest absolute Gasteiger partial charge is 0.446 e. The summed E-state index contributed by atoms with van der Waals surface area (Å²) in [6, 6.07) is 0. The van der Waals surface area contributed by atoms with Crippen molar-refractivity contribution in [3.8, 4) is 0 Å². The molecule has 3 nitrogen and oxygen atoms in total. The highest BCUT2D eigenvalue weighted by Gasteiger charge is 2.00. The van der Waals surface area contributed by atoms with Crippen LogP contribution in [0.2, 0.25) is 0 Å². The lowest BCUT2D eigenvalue weighted by molar-refractivity contribution is -0.139. The molecule has 0 aliphatic heterocycles. The molecule has 0 aromatic rings. The first-order chi connectivity index (χ1) is 6.18. The van der Waals surface area contributed by atoms with Crippen molar-refractivity contribution in [3.63, 3.8) is 0 Å². The lowest BCUT2D eigenvalue weighted by atomic mass is 10.2. The maximum atomic E-state index is 10.9. The Hall–Kier alpha value is -0.830. The van der Waals surface area contributed by atoms with Crippen molar-refractivity contribution in [2.75, 3.05) is 13.3 Å². The highest BCUT2D eigenvalue weighted by molar-refractivity contribution is 5.86. The Kier molecular flexibility index (Phi) is 7.30. The number of unbranched alkanes of at least 4 members (excludes halogenated alkanes) is 2. The molecule has 0 spiro atoms. The maximum absolute atomic E-state index is 10.9. The molecule has 0 atom stereocenters. The van der Waals surface area contributed by atoms with E-state index in [1.807, 2.05) is 0 Å². The Labute approximate surface area is 80.2 Å². The van der Waals surface area contributed by atoms with Gasteiger partial charge in [0, 0.05) is 5.57 Å². The Morgan fingerprint density at radius 2 is 2.15 bits per heavy atom. The van der Waals surface area contributed by atoms with Crippen LogP contribution in [0.15, 0.2) is 12.2 Å². The molecule has 0 aliphatic carbocycles. The van der Waals surface area contributed by atoms with Crippen LogP contribution in [0.4, 0.5) is 0 Å². The topological polar surface area (TPSA) is 38.3 Å². The predicted octanol–water partition coefficient (Wildman–Crippen LogP) is 1.84. The average Bonchev–Trinajstić information content (AvgIpc) is 2.10. The number of hydrogen-bond acceptors (Lipinski definition) is 3. The van der Waals surface area contributed by atoms with Gasteiger partial charge in [0.2, 0.25) is 0 Å². The zero-order valence-corrected chi connectivity index (χ0v) is 8.56. The Morgan fingerprint density at radius 3 is 2.69 bits per heavy atom. The monoisotopic (exact) mass is 185 g/mol. The number of esters is 1. The third-order valence-electron chi connectivity index (χ3n) is 1.61. The van der Waals surface area contributed by atoms with E-state index in [2.05, 4.69) is 18.8 Å². The summed E-state index contributed by atoms with van der Waals surface area (Å²) in [6.45, 7) is 8.46. The fraction of sp³-hybridized carbons (Fsp3) is 0.700. The fourth-order valence-electron chi connectivity index (χ4n) is 0.812. The number of ether oxygens (including phenoxy) is 1. The van der Waals surface area contributed by atoms with Crippen LogP contribution in [0.3, 0.4) is 0 Å². The molecule has 13 heavy (non-hydrogen) atoms. The van der Waals surface area contributed by atoms with Crippen molar-refractivity contribution in [1.82, 2.24) is 5.32 Å². The van der Waals surface area contributed by atoms with Crippen LogP contribution in [0, 0.1) is 0 Å². The minimum atomic E-state index is -0.331. The molecular weight excluding hydrogens is 166 g/mol. The van der Waals surface area contributed by atoms with Crippen molar-refractivity contribution in [2.24, 2.45) is 0 Å². The molecule has 0 rings (SSSR count). The van der Waals surface area contributed by atoms with Crippen molar-refractivity contribution >= 4 is 5.97 Å². The summed E-state index contributed by atoms with van der Waals surface area (Å²) in [4.78, 5) is 10.9. The molecule has 0 unspecified atom stereocenters. The van der Waals surface area contributed by atoms with E-state index in [-0.39, 0.29) is 12.7 Å². The van der Waals surface area contributed by atoms with Crippen LogP contribution in [0.5, 0.6) is 0 Å². The van der Waals surface area contributed by atoms with Gasteiger partial charge in [0.1, 0.15) is 6.73 Å². The quantitative estimate of drug-likeness (QED) is 0.285. The van der Waals surface area contributed by atoms with E-state index >= 15 is 0 Å². The number of rotatable bonds is 7. The standard InChI is InChI=1S/C10H19NO2/c1-4-5-6-7-11-8-13-10(12)9(2)3/h11H,2,4-8H2,1,3H3. The molecule has 0 aromatic heterocycles. The number of carbonyl (C=O) groups is 1. The Morgan fingerprint density at radius 1 is 1.46 bits per heavy atom. The molecule has 0 aromatic carbocycles. The third kappa shape index (κ3) is 7.53. The van der Waals surface area contributed by atoms with E-state index in [1.165, 1.54) is 12.8 Å². The van der Waals surface area contributed by atoms with E-state index in [4.69, 9.17) is 4.74 Å². The highest BCUT2D eigenvalue weighted by Crippen LogP contribution is 1.92. The van der Waals surface area contributed by atoms with E-state index in [0.717, 1.165) is 13.0 Å². The lowest BCUT2D eigenvalue weighted by Gasteiger charge is -2.05. The van der Waals surface area contributed by atoms with Gasteiger partial charge in [-0.1, -0.05) is 26.3 Å². The van der Waals surface area contributed by atoms with Gasteiger partial charge in [-0.25, -0.2) is 4.79 Å². The van der Waals surface area contributed by atoms with Crippen LogP contribution in [-0.2, 0) is 9.53 Å². The first-order valence-corrected chi connectivity index (χ1v) is 4.71. The summed E-state index contributed by atoms with van der Waals surface area (Å²) in [6.07, 6.45) is 3.54. The molecule has 0 aliphatic rings. The van der Waals surface area contributed by atoms with Crippen molar-refractivity contribution in [1.29, 1.82) is 0 Å². The molecule has 0 bridgehead atoms. The van der Waals surface area contributed by atoms with Crippen LogP contribution in [0.1, 0.15) is 33.1 Å². The van der Waals surface area contributed by atoms with Gasteiger partial charge in [0.15, 0.2) is 0 Å². The van der Waals surface area contributed by atoms with Gasteiger partial charge in [0.05, 0.1) is 0 Å². The molecule has 0 saturated heterocycles. The van der Waals surface area contributed by atoms with Gasteiger partial charge in [0.25, 0.3) is 0 Å². The summed E-state index contributed by atoms with van der Waals surface area (Å²) >= 11 is 0. The minimum Gasteiger partial charge on any atom is -0.446 e. The van der Waals surface area contributed by atoms with Gasteiger partial charge in [-0.3, -0.25) is 5.32 Å². The average molecular weight is 185 g/mol. The second-order valence-electron chi connectivity index (χ2n) is 3.06. The van der Waals surface area contributed by atoms with Gasteiger partial charge in [-0.05, 0) is 19.9 Å². The first-order valence-electron chi connectivity index (χ1n) is 4.71. The van der Waals surface area contributed by atoms with Crippen molar-refractivity contribution in [2.45, 2.75) is 33.1 Å². The van der Waals surface area contributed by atoms with Crippen LogP contribution in [0.25, 0.3) is 0 Å². The molecular formula is C10H19NO2. The van der Waals surface area contributed by atoms with Crippen molar-refractivity contribution in [3.05, 3.63) is 12.2 Å². The Bertz CT molecular complexity index is 166. The zero-order valence-electron chi connectivity index (χ0n) is 8.56. The van der Waals surface area contributed by atoms with E-state index < -0.39 is 0 Å². The summed E-state index contributed by atoms with van der Waals surface area (Å²) < 4.78 is 4.83. The number of hydrogen-bond donors (Lipinski definition) is 1. The molecule has 3 heteroatoms. The summed E-state index contributed by atoms with van der Waals surface area (Å²) in [5, 5.41) is 3.02. The smallest absolute Gasteiger partial charge is 0.334 e. The van der Waals surface area contributed by atoms with Gasteiger partial charge < -0.3 is 4.74 Å². The lowest BCUT2D eigenvalue weighted by Crippen LogP contribution is -2.22. The molecule has 76 valence electrons. The molecule has 0 fully saturated rings. The third-order valence-corrected chi connectivity index (χ3v) is 1.61. The summed E-state index contributed by atoms with van der Waals surface area (Å²) in [7, 11) is 0. The summed E-state index contributed by atoms with van der Waals surface area (Å²) in [5.74, 6) is -0.331. The van der Waals surface area contributed by atoms with Gasteiger partial charge in [-0.2, -0.15) is 0 Å². The van der Waals surface area contributed by atoms with Crippen LogP contribution < -0.4 is 5.32 Å². The van der Waals surface area contributed by atoms with E-state index in [1.54, 1.807) is 6.92 Å². The number of nitrogens with one attached hydrogen (secondary N) is 1. The summed E-state index contributed by atoms with van der Waals surface area (Å²) in [5.41, 5.74) is 0.440. The highest BCUT2D eigenvalue weighted by atomic mass is 16.5. The normalized spacial score (nSPS) is 9.69. The van der Waals surface area contributed by atoms with E-state index in [9.17, 15) is 4.79 Å². The van der Waals surface area contributed by atoms with E-state index in [0.29, 0.717) is 5.57 Å². The second-order valence-corrected chi connectivity index (χ2v) is 3.06. The molecule has 0 radical (unpaired) electrons. The van der Waals surface area contributed by atoms with Crippen molar-refractivity contribution < 1.29 is 9.53 Å². The minimum absolute atomic E-state index is 0.287. The predicted molar refractivity (Wildman–Crippen MR) is 53.3 cm³/mol. The molecule has 0 saturated carbocycles. The zero-order chi connectivity index (χ0) is 10.1. The van der Waals surface area contributed by atoms with Gasteiger partial charge >= 0.3 is 5.97 Å².